The molecule has 0 unspecified atom stereocenters. The lowest BCUT2D eigenvalue weighted by Crippen LogP contribution is -2.05. The predicted octanol–water partition coefficient (Wildman–Crippen LogP) is 3.02. The highest BCUT2D eigenvalue weighted by Gasteiger charge is 2.00. The van der Waals surface area contributed by atoms with Crippen molar-refractivity contribution in [3.63, 3.8) is 0 Å². The Morgan fingerprint density at radius 1 is 1.35 bits per heavy atom. The summed E-state index contributed by atoms with van der Waals surface area (Å²) < 4.78 is 7.66. The molecule has 0 saturated carbocycles. The first-order chi connectivity index (χ1) is 8.27. The number of benzene rings is 1. The monoisotopic (exact) mass is 230 g/mol. The smallest absolute Gasteiger partial charge is 0.0959 e. The van der Waals surface area contributed by atoms with Crippen molar-refractivity contribution in [3.05, 3.63) is 42.2 Å². The fraction of sp³-hybridized carbons (Fsp3) is 0.357. The Balaban J connectivity index is 1.89. The summed E-state index contributed by atoms with van der Waals surface area (Å²) in [6, 6.07) is 8.14. The molecule has 1 heterocycles. The normalized spacial score (nSPS) is 10.7. The number of allylic oxidation sites excluding steroid dienone is 1. The second-order valence-electron chi connectivity index (χ2n) is 4.28. The van der Waals surface area contributed by atoms with Crippen molar-refractivity contribution in [3.8, 4) is 0 Å². The van der Waals surface area contributed by atoms with Crippen molar-refractivity contribution in [1.82, 2.24) is 9.55 Å². The number of hydrogen-bond acceptors (Lipinski definition) is 2. The molecule has 90 valence electrons. The summed E-state index contributed by atoms with van der Waals surface area (Å²) >= 11 is 0. The van der Waals surface area contributed by atoms with Crippen LogP contribution in [0.1, 0.15) is 13.8 Å². The Morgan fingerprint density at radius 3 is 3.00 bits per heavy atom. The number of rotatable bonds is 5. The van der Waals surface area contributed by atoms with Crippen LogP contribution >= 0.6 is 0 Å². The molecule has 3 nitrogen and oxygen atoms in total. The number of imidazole rings is 1. The van der Waals surface area contributed by atoms with E-state index in [4.69, 9.17) is 4.74 Å². The number of ether oxygens (including phenoxy) is 1. The molecule has 0 spiro atoms. The van der Waals surface area contributed by atoms with E-state index < -0.39 is 0 Å². The van der Waals surface area contributed by atoms with Gasteiger partial charge in [-0.2, -0.15) is 0 Å². The maximum atomic E-state index is 5.54. The number of aromatic nitrogens is 2. The van der Waals surface area contributed by atoms with E-state index in [1.165, 1.54) is 11.1 Å². The number of hydrogen-bond donors (Lipinski definition) is 0. The van der Waals surface area contributed by atoms with Gasteiger partial charge >= 0.3 is 0 Å². The van der Waals surface area contributed by atoms with E-state index >= 15 is 0 Å². The third-order valence-electron chi connectivity index (χ3n) is 2.61. The second kappa shape index (κ2) is 5.64. The lowest BCUT2D eigenvalue weighted by atomic mass is 10.3. The molecular weight excluding hydrogens is 212 g/mol. The molecular formula is C14H18N2O. The van der Waals surface area contributed by atoms with Crippen LogP contribution in [0, 0.1) is 0 Å². The third kappa shape index (κ3) is 3.17. The van der Waals surface area contributed by atoms with Gasteiger partial charge in [0, 0.05) is 6.54 Å². The van der Waals surface area contributed by atoms with Gasteiger partial charge < -0.3 is 9.30 Å². The molecule has 0 aliphatic rings. The van der Waals surface area contributed by atoms with Gasteiger partial charge in [0.05, 0.1) is 30.6 Å². The second-order valence-corrected chi connectivity index (χ2v) is 4.28. The first-order valence-corrected chi connectivity index (χ1v) is 5.88. The molecule has 2 rings (SSSR count). The van der Waals surface area contributed by atoms with Crippen molar-refractivity contribution >= 4 is 11.0 Å². The lowest BCUT2D eigenvalue weighted by molar-refractivity contribution is 0.153. The van der Waals surface area contributed by atoms with Crippen LogP contribution < -0.4 is 0 Å². The van der Waals surface area contributed by atoms with Gasteiger partial charge in [-0.05, 0) is 26.0 Å². The highest BCUT2D eigenvalue weighted by molar-refractivity contribution is 5.74. The van der Waals surface area contributed by atoms with E-state index in [0.29, 0.717) is 13.2 Å². The Hall–Kier alpha value is -1.61. The van der Waals surface area contributed by atoms with Gasteiger partial charge in [-0.15, -0.1) is 0 Å². The standard InChI is InChI=1S/C14H18N2O/c1-12(2)7-9-17-10-8-16-11-15-13-5-3-4-6-14(13)16/h3-7,11H,8-10H2,1-2H3. The van der Waals surface area contributed by atoms with Crippen molar-refractivity contribution in [1.29, 1.82) is 0 Å². The summed E-state index contributed by atoms with van der Waals surface area (Å²) in [6.45, 7) is 6.40. The molecule has 0 amide bonds. The molecule has 0 saturated heterocycles. The Kier molecular flexibility index (Phi) is 3.94. The van der Waals surface area contributed by atoms with Crippen LogP contribution in [0.5, 0.6) is 0 Å². The Bertz CT molecular complexity index is 510. The van der Waals surface area contributed by atoms with Gasteiger partial charge in [-0.3, -0.25) is 0 Å². The SMILES string of the molecule is CC(C)=CCOCCn1cnc2ccccc21. The van der Waals surface area contributed by atoms with Crippen LogP contribution in [-0.4, -0.2) is 22.8 Å². The molecule has 0 radical (unpaired) electrons. The van der Waals surface area contributed by atoms with E-state index in [0.717, 1.165) is 12.1 Å². The van der Waals surface area contributed by atoms with Crippen LogP contribution in [-0.2, 0) is 11.3 Å². The number of fused-ring (bicyclic) bond motifs is 1. The van der Waals surface area contributed by atoms with Crippen LogP contribution in [0.25, 0.3) is 11.0 Å². The molecule has 0 aliphatic carbocycles. The summed E-state index contributed by atoms with van der Waals surface area (Å²) in [5.74, 6) is 0. The minimum Gasteiger partial charge on any atom is -0.376 e. The van der Waals surface area contributed by atoms with E-state index in [1.807, 2.05) is 24.5 Å². The van der Waals surface area contributed by atoms with Crippen LogP contribution in [0.2, 0.25) is 0 Å². The van der Waals surface area contributed by atoms with Crippen molar-refractivity contribution in [2.75, 3.05) is 13.2 Å². The zero-order chi connectivity index (χ0) is 12.1. The number of nitrogens with zero attached hydrogens (tertiary/aromatic N) is 2. The lowest BCUT2D eigenvalue weighted by Gasteiger charge is -2.04. The summed E-state index contributed by atoms with van der Waals surface area (Å²) in [6.07, 6.45) is 3.96. The van der Waals surface area contributed by atoms with Gasteiger partial charge in [0.15, 0.2) is 0 Å². The van der Waals surface area contributed by atoms with E-state index in [2.05, 4.69) is 35.5 Å². The predicted molar refractivity (Wildman–Crippen MR) is 70.0 cm³/mol. The van der Waals surface area contributed by atoms with Crippen molar-refractivity contribution in [2.24, 2.45) is 0 Å². The average molecular weight is 230 g/mol. The van der Waals surface area contributed by atoms with Gasteiger partial charge in [0.2, 0.25) is 0 Å². The highest BCUT2D eigenvalue weighted by atomic mass is 16.5. The quantitative estimate of drug-likeness (QED) is 0.583. The maximum Gasteiger partial charge on any atom is 0.0959 e. The Labute approximate surface area is 102 Å². The van der Waals surface area contributed by atoms with Crippen LogP contribution in [0.4, 0.5) is 0 Å². The number of para-hydroxylation sites is 2. The minimum atomic E-state index is 0.689. The third-order valence-corrected chi connectivity index (χ3v) is 2.61. The van der Waals surface area contributed by atoms with Gasteiger partial charge in [-0.25, -0.2) is 4.98 Å². The fourth-order valence-corrected chi connectivity index (χ4v) is 1.66. The first-order valence-electron chi connectivity index (χ1n) is 5.88. The van der Waals surface area contributed by atoms with Gasteiger partial charge in [0.25, 0.3) is 0 Å². The van der Waals surface area contributed by atoms with Crippen molar-refractivity contribution in [2.45, 2.75) is 20.4 Å². The maximum absolute atomic E-state index is 5.54. The Morgan fingerprint density at radius 2 is 2.18 bits per heavy atom. The zero-order valence-electron chi connectivity index (χ0n) is 10.4. The molecule has 3 heteroatoms. The molecule has 1 aromatic carbocycles. The molecule has 2 aromatic rings. The van der Waals surface area contributed by atoms with Crippen LogP contribution in [0.15, 0.2) is 42.2 Å². The summed E-state index contributed by atoms with van der Waals surface area (Å²) in [5, 5.41) is 0. The molecule has 0 fully saturated rings. The molecule has 0 N–H and O–H groups in total. The molecule has 17 heavy (non-hydrogen) atoms. The highest BCUT2D eigenvalue weighted by Crippen LogP contribution is 2.11. The van der Waals surface area contributed by atoms with E-state index in [1.54, 1.807) is 0 Å². The largest absolute Gasteiger partial charge is 0.376 e. The van der Waals surface area contributed by atoms with E-state index in [9.17, 15) is 0 Å². The molecule has 0 aliphatic heterocycles. The summed E-state index contributed by atoms with van der Waals surface area (Å²) in [7, 11) is 0. The zero-order valence-corrected chi connectivity index (χ0v) is 10.4. The summed E-state index contributed by atoms with van der Waals surface area (Å²) in [5.41, 5.74) is 3.49. The van der Waals surface area contributed by atoms with Gasteiger partial charge in [0.1, 0.15) is 0 Å². The molecule has 0 bridgehead atoms. The fourth-order valence-electron chi connectivity index (χ4n) is 1.66. The average Bonchev–Trinajstić information content (AvgIpc) is 2.72. The van der Waals surface area contributed by atoms with Gasteiger partial charge in [-0.1, -0.05) is 23.8 Å². The van der Waals surface area contributed by atoms with Crippen LogP contribution in [0.3, 0.4) is 0 Å². The van der Waals surface area contributed by atoms with E-state index in [-0.39, 0.29) is 0 Å². The first kappa shape index (κ1) is 11.9. The topological polar surface area (TPSA) is 27.1 Å². The minimum absolute atomic E-state index is 0.689. The molecule has 1 aromatic heterocycles. The van der Waals surface area contributed by atoms with Crippen molar-refractivity contribution < 1.29 is 4.74 Å². The summed E-state index contributed by atoms with van der Waals surface area (Å²) in [4.78, 5) is 4.34. The molecule has 0 atom stereocenters.